The Bertz CT molecular complexity index is 346. The second-order valence-electron chi connectivity index (χ2n) is 2.83. The molecule has 0 N–H and O–H groups in total. The first-order valence-electron chi connectivity index (χ1n) is 4.00. The number of hydrogen-bond acceptors (Lipinski definition) is 2. The van der Waals surface area contributed by atoms with Crippen molar-refractivity contribution in [2.24, 2.45) is 0 Å². The average Bonchev–Trinajstić information content (AvgIpc) is 2.09. The summed E-state index contributed by atoms with van der Waals surface area (Å²) in [5.74, 6) is -0.395. The third-order valence-electron chi connectivity index (χ3n) is 1.77. The van der Waals surface area contributed by atoms with E-state index in [9.17, 15) is 9.18 Å². The van der Waals surface area contributed by atoms with Crippen LogP contribution in [0, 0.1) is 12.7 Å². The summed E-state index contributed by atoms with van der Waals surface area (Å²) in [6.07, 6.45) is 1.19. The first-order chi connectivity index (χ1) is 6.15. The quantitative estimate of drug-likeness (QED) is 0.701. The minimum absolute atomic E-state index is 0.168. The van der Waals surface area contributed by atoms with Gasteiger partial charge < -0.3 is 9.30 Å². The first-order valence-corrected chi connectivity index (χ1v) is 4.00. The third kappa shape index (κ3) is 2.39. The van der Waals surface area contributed by atoms with Crippen molar-refractivity contribution in [3.8, 4) is 0 Å². The number of pyridine rings is 1. The highest BCUT2D eigenvalue weighted by atomic mass is 19.1. The number of aryl methyl sites for hydroxylation is 1. The van der Waals surface area contributed by atoms with Crippen LogP contribution in [0.4, 0.5) is 4.39 Å². The Morgan fingerprint density at radius 2 is 2.31 bits per heavy atom. The lowest BCUT2D eigenvalue weighted by Crippen LogP contribution is -2.24. The minimum Gasteiger partial charge on any atom is -0.383 e. The number of halogens is 1. The number of ether oxygens (including phenoxy) is 1. The molecular formula is C9H12FNO2. The van der Waals surface area contributed by atoms with Crippen LogP contribution in [0.2, 0.25) is 0 Å². The van der Waals surface area contributed by atoms with Crippen LogP contribution >= 0.6 is 0 Å². The largest absolute Gasteiger partial charge is 0.383 e. The molecule has 72 valence electrons. The second-order valence-corrected chi connectivity index (χ2v) is 2.83. The van der Waals surface area contributed by atoms with Crippen LogP contribution in [0.1, 0.15) is 5.56 Å². The summed E-state index contributed by atoms with van der Waals surface area (Å²) >= 11 is 0. The number of hydrogen-bond donors (Lipinski definition) is 0. The minimum atomic E-state index is -0.395. The maximum absolute atomic E-state index is 12.8. The summed E-state index contributed by atoms with van der Waals surface area (Å²) in [6, 6.07) is 1.23. The molecule has 0 saturated heterocycles. The fourth-order valence-corrected chi connectivity index (χ4v) is 1.10. The fourth-order valence-electron chi connectivity index (χ4n) is 1.10. The van der Waals surface area contributed by atoms with Crippen LogP contribution < -0.4 is 5.56 Å². The van der Waals surface area contributed by atoms with Gasteiger partial charge >= 0.3 is 0 Å². The van der Waals surface area contributed by atoms with E-state index in [1.165, 1.54) is 23.9 Å². The smallest absolute Gasteiger partial charge is 0.253 e. The summed E-state index contributed by atoms with van der Waals surface area (Å²) in [5, 5.41) is 0. The Balaban J connectivity index is 2.99. The Labute approximate surface area is 75.8 Å². The van der Waals surface area contributed by atoms with E-state index in [0.717, 1.165) is 0 Å². The number of nitrogens with zero attached hydrogens (tertiary/aromatic N) is 1. The van der Waals surface area contributed by atoms with Gasteiger partial charge in [0.05, 0.1) is 6.61 Å². The van der Waals surface area contributed by atoms with Crippen LogP contribution in [-0.4, -0.2) is 18.3 Å². The van der Waals surface area contributed by atoms with Crippen LogP contribution in [0.3, 0.4) is 0 Å². The highest BCUT2D eigenvalue weighted by Gasteiger charge is 2.01. The summed E-state index contributed by atoms with van der Waals surface area (Å²) in [6.45, 7) is 2.38. The molecule has 1 rings (SSSR count). The molecule has 0 bridgehead atoms. The van der Waals surface area contributed by atoms with Gasteiger partial charge in [0.25, 0.3) is 5.56 Å². The van der Waals surface area contributed by atoms with Crippen molar-refractivity contribution in [2.45, 2.75) is 13.5 Å². The third-order valence-corrected chi connectivity index (χ3v) is 1.77. The molecule has 4 heteroatoms. The Kier molecular flexibility index (Phi) is 3.19. The lowest BCUT2D eigenvalue weighted by atomic mass is 10.3. The Morgan fingerprint density at radius 1 is 1.62 bits per heavy atom. The van der Waals surface area contributed by atoms with E-state index >= 15 is 0 Å². The van der Waals surface area contributed by atoms with Crippen molar-refractivity contribution >= 4 is 0 Å². The molecule has 3 nitrogen and oxygen atoms in total. The van der Waals surface area contributed by atoms with Crippen molar-refractivity contribution in [3.63, 3.8) is 0 Å². The molecule has 0 fully saturated rings. The molecule has 0 amide bonds. The summed E-state index contributed by atoms with van der Waals surface area (Å²) < 4.78 is 18.9. The van der Waals surface area contributed by atoms with Crippen molar-refractivity contribution in [3.05, 3.63) is 34.0 Å². The molecule has 1 aromatic heterocycles. The number of methoxy groups -OCH3 is 1. The summed E-state index contributed by atoms with van der Waals surface area (Å²) in [4.78, 5) is 11.4. The van der Waals surface area contributed by atoms with Gasteiger partial charge in [0, 0.05) is 25.4 Å². The van der Waals surface area contributed by atoms with Crippen molar-refractivity contribution < 1.29 is 9.13 Å². The van der Waals surface area contributed by atoms with Crippen molar-refractivity contribution in [2.75, 3.05) is 13.7 Å². The molecule has 0 aliphatic heterocycles. The summed E-state index contributed by atoms with van der Waals surface area (Å²) in [5.41, 5.74) is 0.245. The molecular weight excluding hydrogens is 173 g/mol. The van der Waals surface area contributed by atoms with Crippen LogP contribution in [-0.2, 0) is 11.3 Å². The molecule has 13 heavy (non-hydrogen) atoms. The van der Waals surface area contributed by atoms with Crippen LogP contribution in [0.15, 0.2) is 17.1 Å². The predicted octanol–water partition coefficient (Wildman–Crippen LogP) is 0.942. The lowest BCUT2D eigenvalue weighted by molar-refractivity contribution is 0.186. The van der Waals surface area contributed by atoms with E-state index < -0.39 is 5.82 Å². The molecule has 1 aromatic rings. The number of aromatic nitrogens is 1. The van der Waals surface area contributed by atoms with Gasteiger partial charge in [-0.15, -0.1) is 0 Å². The van der Waals surface area contributed by atoms with E-state index in [1.54, 1.807) is 6.92 Å². The van der Waals surface area contributed by atoms with Gasteiger partial charge in [-0.25, -0.2) is 4.39 Å². The molecule has 0 saturated carbocycles. The molecule has 0 aliphatic carbocycles. The maximum atomic E-state index is 12.8. The van der Waals surface area contributed by atoms with Gasteiger partial charge in [-0.1, -0.05) is 0 Å². The van der Waals surface area contributed by atoms with Gasteiger partial charge in [0.2, 0.25) is 0 Å². The van der Waals surface area contributed by atoms with Gasteiger partial charge in [-0.2, -0.15) is 0 Å². The van der Waals surface area contributed by atoms with E-state index in [2.05, 4.69) is 0 Å². The lowest BCUT2D eigenvalue weighted by Gasteiger charge is -2.05. The molecule has 0 aliphatic rings. The first kappa shape index (κ1) is 9.92. The second kappa shape index (κ2) is 4.18. The monoisotopic (exact) mass is 185 g/mol. The van der Waals surface area contributed by atoms with E-state index in [0.29, 0.717) is 18.7 Å². The molecule has 0 aromatic carbocycles. The molecule has 1 heterocycles. The zero-order valence-electron chi connectivity index (χ0n) is 7.71. The van der Waals surface area contributed by atoms with Gasteiger partial charge in [-0.3, -0.25) is 4.79 Å². The summed E-state index contributed by atoms with van der Waals surface area (Å²) in [7, 11) is 1.54. The normalized spacial score (nSPS) is 10.4. The van der Waals surface area contributed by atoms with Crippen molar-refractivity contribution in [1.82, 2.24) is 4.57 Å². The van der Waals surface area contributed by atoms with Crippen molar-refractivity contribution in [1.29, 1.82) is 0 Å². The van der Waals surface area contributed by atoms with Gasteiger partial charge in [0.15, 0.2) is 0 Å². The molecule has 0 atom stereocenters. The SMILES string of the molecule is COCCn1cc(F)cc(C)c1=O. The molecule has 0 radical (unpaired) electrons. The zero-order valence-corrected chi connectivity index (χ0v) is 7.71. The van der Waals surface area contributed by atoms with Crippen LogP contribution in [0.5, 0.6) is 0 Å². The maximum Gasteiger partial charge on any atom is 0.253 e. The average molecular weight is 185 g/mol. The molecule has 0 spiro atoms. The topological polar surface area (TPSA) is 31.2 Å². The highest BCUT2D eigenvalue weighted by molar-refractivity contribution is 5.09. The zero-order chi connectivity index (χ0) is 9.84. The van der Waals surface area contributed by atoms with E-state index in [-0.39, 0.29) is 5.56 Å². The number of rotatable bonds is 3. The van der Waals surface area contributed by atoms with Gasteiger partial charge in [0.1, 0.15) is 5.82 Å². The molecule has 0 unspecified atom stereocenters. The highest BCUT2D eigenvalue weighted by Crippen LogP contribution is 1.96. The Hall–Kier alpha value is -1.16. The predicted molar refractivity (Wildman–Crippen MR) is 47.3 cm³/mol. The van der Waals surface area contributed by atoms with E-state index in [1.807, 2.05) is 0 Å². The van der Waals surface area contributed by atoms with E-state index in [4.69, 9.17) is 4.74 Å². The standard InChI is InChI=1S/C9H12FNO2/c1-7-5-8(10)6-11(9(7)12)3-4-13-2/h5-6H,3-4H2,1-2H3. The Morgan fingerprint density at radius 3 is 2.92 bits per heavy atom. The fraction of sp³-hybridized carbons (Fsp3) is 0.444. The van der Waals surface area contributed by atoms with Crippen LogP contribution in [0.25, 0.3) is 0 Å². The van der Waals surface area contributed by atoms with Gasteiger partial charge in [-0.05, 0) is 13.0 Å².